The summed E-state index contributed by atoms with van der Waals surface area (Å²) < 4.78 is 8.71. The Morgan fingerprint density at radius 2 is 1.63 bits per heavy atom. The molecule has 2 unspecified atom stereocenters. The maximum atomic E-state index is 14.2. The minimum absolute atomic E-state index is 0.0490. The highest BCUT2D eigenvalue weighted by Gasteiger charge is 2.51. The Kier molecular flexibility index (Phi) is 10.2. The second-order valence-corrected chi connectivity index (χ2v) is 22.6. The van der Waals surface area contributed by atoms with Gasteiger partial charge in [0.1, 0.15) is 17.6 Å². The number of hydrogen-bond acceptors (Lipinski definition) is 8. The van der Waals surface area contributed by atoms with Crippen LogP contribution in [0.3, 0.4) is 0 Å². The first-order chi connectivity index (χ1) is 32.3. The highest BCUT2D eigenvalue weighted by Crippen LogP contribution is 2.53. The van der Waals surface area contributed by atoms with Crippen molar-refractivity contribution < 1.29 is 23.9 Å². The first kappa shape index (κ1) is 43.2. The van der Waals surface area contributed by atoms with Crippen LogP contribution < -0.4 is 10.3 Å². The third-order valence-electron chi connectivity index (χ3n) is 17.7. The number of fused-ring (bicyclic) bond motifs is 11. The number of piperidine rings is 3. The van der Waals surface area contributed by atoms with Gasteiger partial charge in [-0.1, -0.05) is 55.1 Å². The second kappa shape index (κ2) is 15.7. The van der Waals surface area contributed by atoms with E-state index < -0.39 is 11.6 Å². The summed E-state index contributed by atoms with van der Waals surface area (Å²) in [6, 6.07) is 16.5. The molecule has 0 N–H and O–H groups in total. The van der Waals surface area contributed by atoms with Crippen LogP contribution in [-0.4, -0.2) is 103 Å². The van der Waals surface area contributed by atoms with E-state index in [4.69, 9.17) is 21.3 Å². The predicted molar refractivity (Wildman–Crippen MR) is 255 cm³/mol. The third kappa shape index (κ3) is 6.61. The molecule has 12 rings (SSSR count). The summed E-state index contributed by atoms with van der Waals surface area (Å²) in [5, 5.41) is 0.947. The standard InChI is InChI=1S/C54H61ClN6O6/c1-52(2,3)61-44(62)17-16-43(50(61)66)59-30-37-36(49(59)65)13-14-38-46(37)67-31-53(38)22-26-58(27-23-53)48(64)34-10-12-35(28-34)57-24-18-32(19-25-57)33-11-15-41-39(29-33)54(20-5-4-6-21-54)51-56-47(63)45-40(55)8-7-9-42(45)60(41)51/h7-9,11,13-15,29,32,34-35,43H,4-6,10,12,16-28,30-31H2,1-3H3/t34?,35?,43-/m0/s1. The zero-order valence-electron chi connectivity index (χ0n) is 39.1. The fourth-order valence-electron chi connectivity index (χ4n) is 14.2. The molecular weight excluding hydrogens is 864 g/mol. The van der Waals surface area contributed by atoms with Gasteiger partial charge in [-0.2, -0.15) is 4.98 Å². The SMILES string of the molecule is CC(C)(C)N1C(=O)CC[C@H](N2Cc3c(ccc4c3OCC43CCN(C(=O)C4CCC(N5CCC(c6ccc7c(c6)C6(CCCCC6)c6nc(=O)c8c(Cl)cccc8n6-7)CC5)C4)CC3)C2=O)C1=O. The molecule has 67 heavy (non-hydrogen) atoms. The Hall–Kier alpha value is -5.07. The molecule has 2 spiro atoms. The van der Waals surface area contributed by atoms with Gasteiger partial charge in [-0.15, -0.1) is 0 Å². The van der Waals surface area contributed by atoms with Crippen molar-refractivity contribution in [3.05, 3.63) is 97.5 Å². The molecule has 6 aliphatic heterocycles. The molecule has 4 amide bonds. The van der Waals surface area contributed by atoms with Gasteiger partial charge < -0.3 is 19.4 Å². The Morgan fingerprint density at radius 1 is 0.851 bits per heavy atom. The van der Waals surface area contributed by atoms with Gasteiger partial charge in [0.2, 0.25) is 11.8 Å². The topological polar surface area (TPSA) is 125 Å². The molecule has 2 aliphatic carbocycles. The summed E-state index contributed by atoms with van der Waals surface area (Å²) in [5.74, 6) is 1.79. The van der Waals surface area contributed by atoms with Crippen LogP contribution in [0.25, 0.3) is 16.6 Å². The number of benzene rings is 3. The van der Waals surface area contributed by atoms with Crippen molar-refractivity contribution in [3.8, 4) is 11.4 Å². The van der Waals surface area contributed by atoms with Crippen molar-refractivity contribution in [2.45, 2.75) is 152 Å². The quantitative estimate of drug-likeness (QED) is 0.188. The van der Waals surface area contributed by atoms with E-state index in [1.165, 1.54) is 22.4 Å². The van der Waals surface area contributed by atoms with Crippen molar-refractivity contribution >= 4 is 46.1 Å². The molecule has 3 atom stereocenters. The zero-order valence-corrected chi connectivity index (χ0v) is 39.8. The second-order valence-electron chi connectivity index (χ2n) is 22.2. The van der Waals surface area contributed by atoms with Gasteiger partial charge in [0.15, 0.2) is 0 Å². The number of ether oxygens (including phenoxy) is 1. The van der Waals surface area contributed by atoms with Gasteiger partial charge in [0.05, 0.1) is 40.2 Å². The van der Waals surface area contributed by atoms with Crippen LogP contribution in [0, 0.1) is 5.92 Å². The van der Waals surface area contributed by atoms with Gasteiger partial charge in [0, 0.05) is 59.1 Å². The zero-order chi connectivity index (χ0) is 46.1. The molecule has 4 aromatic rings. The number of hydrogen-bond donors (Lipinski definition) is 0. The van der Waals surface area contributed by atoms with Crippen molar-refractivity contribution in [2.24, 2.45) is 5.92 Å². The van der Waals surface area contributed by atoms with E-state index in [2.05, 4.69) is 32.6 Å². The molecule has 1 aromatic heterocycles. The number of carbonyl (C=O) groups is 4. The summed E-state index contributed by atoms with van der Waals surface area (Å²) in [7, 11) is 0. The maximum absolute atomic E-state index is 14.2. The van der Waals surface area contributed by atoms with E-state index >= 15 is 0 Å². The van der Waals surface area contributed by atoms with Crippen LogP contribution in [-0.2, 0) is 31.8 Å². The molecular formula is C54H61ClN6O6. The normalized spacial score (nSPS) is 25.8. The molecule has 3 aromatic carbocycles. The minimum atomic E-state index is -0.681. The number of amides is 4. The van der Waals surface area contributed by atoms with E-state index in [1.54, 1.807) is 11.0 Å². The lowest BCUT2D eigenvalue weighted by Gasteiger charge is -2.41. The highest BCUT2D eigenvalue weighted by atomic mass is 35.5. The van der Waals surface area contributed by atoms with E-state index in [0.29, 0.717) is 66.5 Å². The maximum Gasteiger partial charge on any atom is 0.282 e. The molecule has 3 saturated heterocycles. The molecule has 350 valence electrons. The minimum Gasteiger partial charge on any atom is -0.492 e. The fraction of sp³-hybridized carbons (Fsp3) is 0.556. The van der Waals surface area contributed by atoms with E-state index in [0.717, 1.165) is 118 Å². The number of carbonyl (C=O) groups excluding carboxylic acids is 4. The Morgan fingerprint density at radius 3 is 2.39 bits per heavy atom. The largest absolute Gasteiger partial charge is 0.492 e. The summed E-state index contributed by atoms with van der Waals surface area (Å²) in [5.41, 5.74) is 5.88. The van der Waals surface area contributed by atoms with Gasteiger partial charge in [0.25, 0.3) is 17.4 Å². The third-order valence-corrected chi connectivity index (χ3v) is 18.0. The summed E-state index contributed by atoms with van der Waals surface area (Å²) in [6.07, 6.45) is 12.7. The van der Waals surface area contributed by atoms with Crippen LogP contribution >= 0.6 is 11.6 Å². The summed E-state index contributed by atoms with van der Waals surface area (Å²) >= 11 is 6.60. The first-order valence-corrected chi connectivity index (χ1v) is 25.5. The van der Waals surface area contributed by atoms with Crippen LogP contribution in [0.15, 0.2) is 53.3 Å². The lowest BCUT2D eigenvalue weighted by molar-refractivity contribution is -0.158. The molecule has 7 heterocycles. The van der Waals surface area contributed by atoms with E-state index in [9.17, 15) is 24.0 Å². The smallest absolute Gasteiger partial charge is 0.282 e. The Balaban J connectivity index is 0.679. The van der Waals surface area contributed by atoms with Crippen LogP contribution in [0.4, 0.5) is 0 Å². The van der Waals surface area contributed by atoms with E-state index in [-0.39, 0.29) is 46.4 Å². The van der Waals surface area contributed by atoms with Crippen LogP contribution in [0.2, 0.25) is 5.02 Å². The predicted octanol–water partition coefficient (Wildman–Crippen LogP) is 8.18. The van der Waals surface area contributed by atoms with Crippen molar-refractivity contribution in [1.29, 1.82) is 0 Å². The van der Waals surface area contributed by atoms with Gasteiger partial charge in [-0.05, 0) is 139 Å². The number of imide groups is 1. The number of halogens is 1. The van der Waals surface area contributed by atoms with Gasteiger partial charge >= 0.3 is 0 Å². The van der Waals surface area contributed by atoms with E-state index in [1.807, 2.05) is 45.0 Å². The van der Waals surface area contributed by atoms with Crippen LogP contribution in [0.5, 0.6) is 5.75 Å². The van der Waals surface area contributed by atoms with Crippen molar-refractivity contribution in [2.75, 3.05) is 32.8 Å². The number of nitrogens with zero attached hydrogens (tertiary/aromatic N) is 6. The highest BCUT2D eigenvalue weighted by molar-refractivity contribution is 6.35. The van der Waals surface area contributed by atoms with Gasteiger partial charge in [-0.3, -0.25) is 33.4 Å². The van der Waals surface area contributed by atoms with Crippen molar-refractivity contribution in [3.63, 3.8) is 0 Å². The molecule has 13 heteroatoms. The fourth-order valence-corrected chi connectivity index (χ4v) is 14.4. The summed E-state index contributed by atoms with van der Waals surface area (Å²) in [6.45, 7) is 9.81. The number of aromatic nitrogens is 2. The number of rotatable bonds is 4. The molecule has 0 radical (unpaired) electrons. The number of likely N-dealkylation sites (tertiary alicyclic amines) is 3. The molecule has 8 aliphatic rings. The van der Waals surface area contributed by atoms with Crippen molar-refractivity contribution in [1.82, 2.24) is 29.2 Å². The van der Waals surface area contributed by atoms with Gasteiger partial charge in [-0.25, -0.2) is 0 Å². The first-order valence-electron chi connectivity index (χ1n) is 25.1. The average molecular weight is 926 g/mol. The molecule has 2 saturated carbocycles. The Bertz CT molecular complexity index is 2830. The lowest BCUT2D eigenvalue weighted by Crippen LogP contribution is -2.60. The summed E-state index contributed by atoms with van der Waals surface area (Å²) in [4.78, 5) is 80.4. The Labute approximate surface area is 397 Å². The molecule has 12 nitrogen and oxygen atoms in total. The average Bonchev–Trinajstić information content (AvgIpc) is 4.09. The molecule has 5 fully saturated rings. The molecule has 0 bridgehead atoms. The van der Waals surface area contributed by atoms with Crippen LogP contribution in [0.1, 0.15) is 155 Å². The lowest BCUT2D eigenvalue weighted by atomic mass is 9.69. The monoisotopic (exact) mass is 924 g/mol.